The predicted octanol–water partition coefficient (Wildman–Crippen LogP) is 3.45. The zero-order valence-electron chi connectivity index (χ0n) is 16.4. The molecule has 1 saturated heterocycles. The average Bonchev–Trinajstić information content (AvgIpc) is 2.61. The molecule has 1 aromatic rings. The van der Waals surface area contributed by atoms with Gasteiger partial charge in [0.2, 0.25) is 5.91 Å². The fraction of sp³-hybridized carbons (Fsp3) is 0.550. The van der Waals surface area contributed by atoms with Gasteiger partial charge in [-0.05, 0) is 64.8 Å². The quantitative estimate of drug-likeness (QED) is 0.814. The number of benzene rings is 1. The molecule has 0 radical (unpaired) electrons. The van der Waals surface area contributed by atoms with Gasteiger partial charge in [-0.2, -0.15) is 0 Å². The molecule has 1 aliphatic rings. The first kappa shape index (κ1) is 20.7. The highest BCUT2D eigenvalue weighted by Crippen LogP contribution is 2.21. The lowest BCUT2D eigenvalue weighted by molar-refractivity contribution is -0.121. The van der Waals surface area contributed by atoms with Crippen LogP contribution >= 0.6 is 0 Å². The van der Waals surface area contributed by atoms with E-state index < -0.39 is 17.7 Å². The molecule has 2 amide bonds. The van der Waals surface area contributed by atoms with Crippen molar-refractivity contribution in [1.82, 2.24) is 4.90 Å². The van der Waals surface area contributed by atoms with E-state index in [4.69, 9.17) is 9.47 Å². The number of esters is 1. The van der Waals surface area contributed by atoms with Crippen LogP contribution in [0, 0.1) is 5.92 Å². The fourth-order valence-electron chi connectivity index (χ4n) is 2.83. The minimum atomic E-state index is -0.563. The van der Waals surface area contributed by atoms with Crippen LogP contribution in [0.4, 0.5) is 10.5 Å². The molecular formula is C20H28N2O5. The third-order valence-corrected chi connectivity index (χ3v) is 4.11. The Kier molecular flexibility index (Phi) is 6.82. The molecule has 148 valence electrons. The van der Waals surface area contributed by atoms with Gasteiger partial charge in [0.15, 0.2) is 0 Å². The lowest BCUT2D eigenvalue weighted by Crippen LogP contribution is -2.45. The highest BCUT2D eigenvalue weighted by atomic mass is 16.6. The van der Waals surface area contributed by atoms with E-state index in [2.05, 4.69) is 5.32 Å². The minimum Gasteiger partial charge on any atom is -0.462 e. The fourth-order valence-corrected chi connectivity index (χ4v) is 2.83. The van der Waals surface area contributed by atoms with Crippen LogP contribution in [0.3, 0.4) is 0 Å². The number of piperidine rings is 1. The molecule has 1 aliphatic heterocycles. The van der Waals surface area contributed by atoms with E-state index in [1.807, 2.05) is 20.8 Å². The Morgan fingerprint density at radius 2 is 1.85 bits per heavy atom. The molecule has 7 heteroatoms. The molecule has 0 spiro atoms. The number of likely N-dealkylation sites (tertiary alicyclic amines) is 1. The van der Waals surface area contributed by atoms with Gasteiger partial charge in [0.1, 0.15) is 5.60 Å². The van der Waals surface area contributed by atoms with Gasteiger partial charge in [-0.15, -0.1) is 0 Å². The van der Waals surface area contributed by atoms with Gasteiger partial charge in [0.25, 0.3) is 0 Å². The van der Waals surface area contributed by atoms with E-state index in [-0.39, 0.29) is 11.8 Å². The van der Waals surface area contributed by atoms with E-state index in [9.17, 15) is 14.4 Å². The number of anilines is 1. The summed E-state index contributed by atoms with van der Waals surface area (Å²) in [6.45, 7) is 8.44. The summed E-state index contributed by atoms with van der Waals surface area (Å²) in [4.78, 5) is 38.0. The van der Waals surface area contributed by atoms with Crippen LogP contribution in [-0.2, 0) is 14.3 Å². The van der Waals surface area contributed by atoms with Crippen LogP contribution in [0.2, 0.25) is 0 Å². The number of nitrogens with one attached hydrogen (secondary N) is 1. The molecular weight excluding hydrogens is 348 g/mol. The first-order chi connectivity index (χ1) is 12.7. The second-order valence-electron chi connectivity index (χ2n) is 7.55. The van der Waals surface area contributed by atoms with Gasteiger partial charge in [-0.3, -0.25) is 4.79 Å². The molecule has 27 heavy (non-hydrogen) atoms. The summed E-state index contributed by atoms with van der Waals surface area (Å²) in [5.41, 5.74) is 0.471. The summed E-state index contributed by atoms with van der Waals surface area (Å²) in [7, 11) is 0. The maximum atomic E-state index is 12.6. The maximum absolute atomic E-state index is 12.6. The number of hydrogen-bond donors (Lipinski definition) is 1. The van der Waals surface area contributed by atoms with E-state index in [0.29, 0.717) is 37.4 Å². The Hall–Kier alpha value is -2.57. The summed E-state index contributed by atoms with van der Waals surface area (Å²) >= 11 is 0. The number of carbonyl (C=O) groups excluding carboxylic acids is 3. The van der Waals surface area contributed by atoms with Crippen LogP contribution in [0.15, 0.2) is 24.3 Å². The normalized spacial score (nSPS) is 17.2. The Bertz CT molecular complexity index is 679. The summed E-state index contributed by atoms with van der Waals surface area (Å²) in [5.74, 6) is -0.834. The van der Waals surface area contributed by atoms with Crippen molar-refractivity contribution in [1.29, 1.82) is 0 Å². The summed E-state index contributed by atoms with van der Waals surface area (Å²) < 4.78 is 10.3. The van der Waals surface area contributed by atoms with E-state index in [0.717, 1.165) is 6.42 Å². The smallest absolute Gasteiger partial charge is 0.410 e. The molecule has 0 aliphatic carbocycles. The van der Waals surface area contributed by atoms with E-state index in [1.54, 1.807) is 36.1 Å². The van der Waals surface area contributed by atoms with Gasteiger partial charge in [-0.1, -0.05) is 0 Å². The van der Waals surface area contributed by atoms with Crippen molar-refractivity contribution >= 4 is 23.7 Å². The second kappa shape index (κ2) is 8.88. The molecule has 1 fully saturated rings. The minimum absolute atomic E-state index is 0.146. The molecule has 7 nitrogen and oxygen atoms in total. The van der Waals surface area contributed by atoms with E-state index >= 15 is 0 Å². The number of amides is 2. The van der Waals surface area contributed by atoms with Crippen molar-refractivity contribution in [2.45, 2.75) is 46.1 Å². The Morgan fingerprint density at radius 3 is 2.44 bits per heavy atom. The molecule has 1 aromatic carbocycles. The number of nitrogens with zero attached hydrogens (tertiary/aromatic N) is 1. The largest absolute Gasteiger partial charge is 0.462 e. The number of rotatable bonds is 4. The van der Waals surface area contributed by atoms with Crippen LogP contribution in [-0.4, -0.2) is 48.2 Å². The molecule has 1 heterocycles. The highest BCUT2D eigenvalue weighted by molar-refractivity contribution is 5.94. The lowest BCUT2D eigenvalue weighted by atomic mass is 9.97. The van der Waals surface area contributed by atoms with Crippen molar-refractivity contribution in [3.63, 3.8) is 0 Å². The zero-order valence-corrected chi connectivity index (χ0v) is 16.4. The van der Waals surface area contributed by atoms with Crippen LogP contribution in [0.1, 0.15) is 50.9 Å². The Balaban J connectivity index is 1.93. The monoisotopic (exact) mass is 376 g/mol. The van der Waals surface area contributed by atoms with Gasteiger partial charge in [0.05, 0.1) is 18.1 Å². The Labute approximate surface area is 160 Å². The van der Waals surface area contributed by atoms with Gasteiger partial charge in [-0.25, -0.2) is 9.59 Å². The average molecular weight is 376 g/mol. The second-order valence-corrected chi connectivity index (χ2v) is 7.55. The molecule has 0 aromatic heterocycles. The van der Waals surface area contributed by atoms with E-state index in [1.165, 1.54) is 0 Å². The van der Waals surface area contributed by atoms with Crippen molar-refractivity contribution < 1.29 is 23.9 Å². The lowest BCUT2D eigenvalue weighted by Gasteiger charge is -2.33. The van der Waals surface area contributed by atoms with Gasteiger partial charge >= 0.3 is 12.1 Å². The molecule has 0 bridgehead atoms. The van der Waals surface area contributed by atoms with Crippen molar-refractivity contribution in [3.8, 4) is 0 Å². The summed E-state index contributed by atoms with van der Waals surface area (Å²) in [6.07, 6.45) is 1.07. The Morgan fingerprint density at radius 1 is 1.19 bits per heavy atom. The molecule has 1 unspecified atom stereocenters. The predicted molar refractivity (Wildman–Crippen MR) is 102 cm³/mol. The maximum Gasteiger partial charge on any atom is 0.410 e. The molecule has 0 saturated carbocycles. The van der Waals surface area contributed by atoms with Crippen LogP contribution in [0.25, 0.3) is 0 Å². The number of carbonyl (C=O) groups is 3. The van der Waals surface area contributed by atoms with Crippen LogP contribution < -0.4 is 5.32 Å². The standard InChI is InChI=1S/C20H28N2O5/c1-5-26-18(24)14-8-10-16(11-9-14)21-17(23)15-7-6-12-22(13-15)19(25)27-20(2,3)4/h8-11,15H,5-7,12-13H2,1-4H3,(H,21,23). The molecule has 1 N–H and O–H groups in total. The summed E-state index contributed by atoms with van der Waals surface area (Å²) in [6, 6.07) is 6.56. The number of ether oxygens (including phenoxy) is 2. The van der Waals surface area contributed by atoms with Crippen molar-refractivity contribution in [2.75, 3.05) is 25.0 Å². The highest BCUT2D eigenvalue weighted by Gasteiger charge is 2.31. The van der Waals surface area contributed by atoms with Crippen LogP contribution in [0.5, 0.6) is 0 Å². The van der Waals surface area contributed by atoms with Crippen molar-refractivity contribution in [3.05, 3.63) is 29.8 Å². The van der Waals surface area contributed by atoms with Crippen molar-refractivity contribution in [2.24, 2.45) is 5.92 Å². The first-order valence-corrected chi connectivity index (χ1v) is 9.25. The topological polar surface area (TPSA) is 84.9 Å². The number of hydrogen-bond acceptors (Lipinski definition) is 5. The first-order valence-electron chi connectivity index (χ1n) is 9.25. The van der Waals surface area contributed by atoms with Gasteiger partial charge in [0, 0.05) is 18.8 Å². The van der Waals surface area contributed by atoms with Gasteiger partial charge < -0.3 is 19.7 Å². The molecule has 1 atom stereocenters. The third kappa shape index (κ3) is 6.27. The SMILES string of the molecule is CCOC(=O)c1ccc(NC(=O)C2CCCN(C(=O)OC(C)(C)C)C2)cc1. The third-order valence-electron chi connectivity index (χ3n) is 4.11. The zero-order chi connectivity index (χ0) is 20.0. The summed E-state index contributed by atoms with van der Waals surface area (Å²) in [5, 5.41) is 2.85. The molecule has 2 rings (SSSR count).